The summed E-state index contributed by atoms with van der Waals surface area (Å²) in [5.41, 5.74) is 10.4. The van der Waals surface area contributed by atoms with Gasteiger partial charge in [0.15, 0.2) is 5.96 Å². The van der Waals surface area contributed by atoms with Crippen molar-refractivity contribution in [3.8, 4) is 17.2 Å². The molecule has 0 aliphatic carbocycles. The van der Waals surface area contributed by atoms with E-state index >= 15 is 0 Å². The van der Waals surface area contributed by atoms with Crippen LogP contribution < -0.4 is 5.73 Å². The zero-order valence-electron chi connectivity index (χ0n) is 20.2. The molecule has 2 N–H and O–H groups in total. The molecule has 0 spiro atoms. The van der Waals surface area contributed by atoms with Gasteiger partial charge in [-0.15, -0.1) is 0 Å². The van der Waals surface area contributed by atoms with Gasteiger partial charge in [0.1, 0.15) is 5.54 Å². The van der Waals surface area contributed by atoms with Crippen molar-refractivity contribution in [2.24, 2.45) is 10.7 Å². The van der Waals surface area contributed by atoms with E-state index in [-0.39, 0.29) is 17.3 Å². The molecule has 0 fully saturated rings. The molecule has 1 amide bonds. The van der Waals surface area contributed by atoms with Gasteiger partial charge in [0.2, 0.25) is 5.91 Å². The van der Waals surface area contributed by atoms with Crippen molar-refractivity contribution in [1.29, 1.82) is 5.26 Å². The Morgan fingerprint density at radius 2 is 1.76 bits per heavy atom. The average Bonchev–Trinajstić information content (AvgIpc) is 2.82. The number of amides is 1. The molecule has 4 rings (SSSR count). The number of benzene rings is 2. The Kier molecular flexibility index (Phi) is 5.74. The predicted molar refractivity (Wildman–Crippen MR) is 134 cm³/mol. The van der Waals surface area contributed by atoms with Crippen LogP contribution in [0.25, 0.3) is 11.1 Å². The summed E-state index contributed by atoms with van der Waals surface area (Å²) in [5.74, 6) is -0.511. The third kappa shape index (κ3) is 4.06. The quantitative estimate of drug-likeness (QED) is 0.624. The summed E-state index contributed by atoms with van der Waals surface area (Å²) in [6.07, 6.45) is 3.49. The lowest BCUT2D eigenvalue weighted by Gasteiger charge is -2.41. The summed E-state index contributed by atoms with van der Waals surface area (Å²) < 4.78 is 0. The number of pyridine rings is 1. The number of nitrogens with two attached hydrogens (primary N) is 1. The number of rotatable bonds is 3. The van der Waals surface area contributed by atoms with Crippen molar-refractivity contribution in [2.45, 2.75) is 44.6 Å². The topological polar surface area (TPSA) is 95.4 Å². The van der Waals surface area contributed by atoms with Gasteiger partial charge >= 0.3 is 0 Å². The summed E-state index contributed by atoms with van der Waals surface area (Å²) >= 11 is 0. The van der Waals surface area contributed by atoms with Crippen LogP contribution in [-0.4, -0.2) is 28.8 Å². The molecule has 0 bridgehead atoms. The second-order valence-electron chi connectivity index (χ2n) is 9.97. The van der Waals surface area contributed by atoms with Crippen LogP contribution in [0.1, 0.15) is 55.9 Å². The van der Waals surface area contributed by atoms with Gasteiger partial charge in [0, 0.05) is 25.0 Å². The van der Waals surface area contributed by atoms with Crippen LogP contribution in [0.3, 0.4) is 0 Å². The molecule has 0 radical (unpaired) electrons. The second kappa shape index (κ2) is 8.42. The second-order valence-corrected chi connectivity index (χ2v) is 9.97. The maximum atomic E-state index is 13.6. The highest BCUT2D eigenvalue weighted by atomic mass is 16.2. The zero-order valence-corrected chi connectivity index (χ0v) is 20.2. The number of aliphatic imine (C=N–C) groups is 1. The molecule has 172 valence electrons. The fourth-order valence-corrected chi connectivity index (χ4v) is 4.44. The lowest BCUT2D eigenvalue weighted by atomic mass is 9.74. The van der Waals surface area contributed by atoms with Crippen molar-refractivity contribution in [2.75, 3.05) is 7.05 Å². The number of carbonyl (C=O) groups is 1. The van der Waals surface area contributed by atoms with Crippen LogP contribution in [0.15, 0.2) is 72.0 Å². The van der Waals surface area contributed by atoms with Crippen molar-refractivity contribution < 1.29 is 4.79 Å². The monoisotopic (exact) mass is 451 g/mol. The van der Waals surface area contributed by atoms with Crippen LogP contribution in [0, 0.1) is 11.3 Å². The van der Waals surface area contributed by atoms with E-state index in [1.807, 2.05) is 43.3 Å². The van der Waals surface area contributed by atoms with Gasteiger partial charge in [-0.3, -0.25) is 14.7 Å². The first-order valence-electron chi connectivity index (χ1n) is 11.2. The lowest BCUT2D eigenvalue weighted by Crippen LogP contribution is -2.52. The number of hydrogen-bond acceptors (Lipinski definition) is 5. The molecule has 0 saturated heterocycles. The van der Waals surface area contributed by atoms with Gasteiger partial charge in [0.05, 0.1) is 17.6 Å². The summed E-state index contributed by atoms with van der Waals surface area (Å²) in [5, 5.41) is 9.28. The molecule has 34 heavy (non-hydrogen) atoms. The van der Waals surface area contributed by atoms with Crippen LogP contribution in [0.5, 0.6) is 0 Å². The molecule has 2 aromatic carbocycles. The van der Waals surface area contributed by atoms with Crippen molar-refractivity contribution in [3.05, 3.63) is 89.2 Å². The molecular weight excluding hydrogens is 422 g/mol. The third-order valence-corrected chi connectivity index (χ3v) is 6.59. The first-order chi connectivity index (χ1) is 16.0. The Balaban J connectivity index is 1.85. The molecule has 3 aromatic rings. The summed E-state index contributed by atoms with van der Waals surface area (Å²) in [6.45, 7) is 8.42. The maximum absolute atomic E-state index is 13.6. The predicted octanol–water partition coefficient (Wildman–Crippen LogP) is 4.70. The van der Waals surface area contributed by atoms with E-state index in [9.17, 15) is 10.1 Å². The zero-order chi connectivity index (χ0) is 24.7. The van der Waals surface area contributed by atoms with E-state index in [1.165, 1.54) is 10.5 Å². The largest absolute Gasteiger partial charge is 0.369 e. The van der Waals surface area contributed by atoms with Gasteiger partial charge in [-0.25, -0.2) is 4.99 Å². The molecule has 1 aliphatic rings. The fraction of sp³-hybridized carbons (Fsp3) is 0.286. The normalized spacial score (nSPS) is 20.6. The highest BCUT2D eigenvalue weighted by molar-refractivity contribution is 6.02. The van der Waals surface area contributed by atoms with Gasteiger partial charge in [-0.2, -0.15) is 5.26 Å². The number of carbonyl (C=O) groups excluding carboxylic acids is 1. The standard InChI is InChI=1S/C28H29N5O/c1-27(2,3)22-11-9-19(10-12-22)24-25(34)33(5)26(30)32-28(24,4)23-14-21(16-31-17-23)20-8-6-7-18(13-20)15-29/h6-14,16-17,24H,1-5H3,(H2,30,32)/t24-,28+/m0/s1. The van der Waals surface area contributed by atoms with Crippen LogP contribution >= 0.6 is 0 Å². The van der Waals surface area contributed by atoms with Gasteiger partial charge in [0.25, 0.3) is 0 Å². The van der Waals surface area contributed by atoms with Crippen molar-refractivity contribution >= 4 is 11.9 Å². The summed E-state index contributed by atoms with van der Waals surface area (Å²) in [6, 6.07) is 19.7. The average molecular weight is 452 g/mol. The molecule has 0 unspecified atom stereocenters. The van der Waals surface area contributed by atoms with E-state index in [0.29, 0.717) is 5.56 Å². The fourth-order valence-electron chi connectivity index (χ4n) is 4.44. The number of guanidine groups is 1. The van der Waals surface area contributed by atoms with E-state index in [4.69, 9.17) is 10.7 Å². The van der Waals surface area contributed by atoms with Crippen LogP contribution in [0.4, 0.5) is 0 Å². The first-order valence-corrected chi connectivity index (χ1v) is 11.2. The first kappa shape index (κ1) is 23.2. The van der Waals surface area contributed by atoms with E-state index in [0.717, 1.165) is 22.3 Å². The number of hydrogen-bond donors (Lipinski definition) is 1. The van der Waals surface area contributed by atoms with Gasteiger partial charge in [-0.1, -0.05) is 57.2 Å². The van der Waals surface area contributed by atoms with E-state index in [1.54, 1.807) is 25.5 Å². The summed E-state index contributed by atoms with van der Waals surface area (Å²) in [4.78, 5) is 24.3. The Labute approximate surface area is 200 Å². The van der Waals surface area contributed by atoms with E-state index < -0.39 is 11.5 Å². The number of nitrogens with zero attached hydrogens (tertiary/aromatic N) is 4. The van der Waals surface area contributed by atoms with Crippen LogP contribution in [0.2, 0.25) is 0 Å². The Morgan fingerprint density at radius 1 is 1.06 bits per heavy atom. The third-order valence-electron chi connectivity index (χ3n) is 6.59. The van der Waals surface area contributed by atoms with E-state index in [2.05, 4.69) is 44.0 Å². The molecule has 1 aliphatic heterocycles. The molecule has 0 saturated carbocycles. The molecular formula is C28H29N5O. The molecule has 6 heteroatoms. The van der Waals surface area contributed by atoms with Gasteiger partial charge < -0.3 is 5.73 Å². The van der Waals surface area contributed by atoms with Crippen molar-refractivity contribution in [1.82, 2.24) is 9.88 Å². The lowest BCUT2D eigenvalue weighted by molar-refractivity contribution is -0.130. The highest BCUT2D eigenvalue weighted by Crippen LogP contribution is 2.44. The smallest absolute Gasteiger partial charge is 0.239 e. The maximum Gasteiger partial charge on any atom is 0.239 e. The molecule has 2 atom stereocenters. The minimum Gasteiger partial charge on any atom is -0.369 e. The summed E-state index contributed by atoms with van der Waals surface area (Å²) in [7, 11) is 1.65. The Morgan fingerprint density at radius 3 is 2.41 bits per heavy atom. The number of likely N-dealkylation sites (N-methyl/N-ethyl adjacent to an activating group) is 1. The SMILES string of the molecule is CN1C(=O)[C@H](c2ccc(C(C)(C)C)cc2)[C@@](C)(c2cncc(-c3cccc(C#N)c3)c2)N=C1N. The Hall–Kier alpha value is -3.98. The number of aromatic nitrogens is 1. The molecule has 2 heterocycles. The van der Waals surface area contributed by atoms with Gasteiger partial charge in [-0.05, 0) is 52.8 Å². The Bertz CT molecular complexity index is 1310. The molecule has 6 nitrogen and oxygen atoms in total. The minimum absolute atomic E-state index is 0.00793. The molecule has 1 aromatic heterocycles. The number of nitriles is 1. The van der Waals surface area contributed by atoms with Crippen molar-refractivity contribution in [3.63, 3.8) is 0 Å². The van der Waals surface area contributed by atoms with Crippen LogP contribution in [-0.2, 0) is 15.7 Å². The minimum atomic E-state index is -0.952. The highest BCUT2D eigenvalue weighted by Gasteiger charge is 2.47.